The van der Waals surface area contributed by atoms with Crippen molar-refractivity contribution in [2.45, 2.75) is 38.6 Å². The van der Waals surface area contributed by atoms with Gasteiger partial charge in [0, 0.05) is 26.6 Å². The molecular weight excluding hydrogens is 298 g/mol. The van der Waals surface area contributed by atoms with Crippen LogP contribution in [0.15, 0.2) is 17.0 Å². The summed E-state index contributed by atoms with van der Waals surface area (Å²) >= 11 is 0. The van der Waals surface area contributed by atoms with E-state index in [0.717, 1.165) is 19.3 Å². The lowest BCUT2D eigenvalue weighted by Gasteiger charge is -2.39. The molecule has 1 unspecified atom stereocenters. The lowest BCUT2D eigenvalue weighted by atomic mass is 9.74. The molecule has 126 valence electrons. The van der Waals surface area contributed by atoms with Crippen LogP contribution in [0.4, 0.5) is 0 Å². The highest BCUT2D eigenvalue weighted by Gasteiger charge is 2.52. The summed E-state index contributed by atoms with van der Waals surface area (Å²) in [6.45, 7) is 5.38. The Bertz CT molecular complexity index is 592. The van der Waals surface area contributed by atoms with Crippen molar-refractivity contribution in [1.29, 1.82) is 0 Å². The summed E-state index contributed by atoms with van der Waals surface area (Å²) in [4.78, 5) is 31.6. The number of nitrogens with zero attached hydrogens (tertiary/aromatic N) is 3. The first-order chi connectivity index (χ1) is 10.9. The zero-order chi connectivity index (χ0) is 16.7. The van der Waals surface area contributed by atoms with E-state index in [1.54, 1.807) is 16.7 Å². The second kappa shape index (κ2) is 5.63. The van der Waals surface area contributed by atoms with Gasteiger partial charge in [0.05, 0.1) is 18.3 Å². The lowest BCUT2D eigenvalue weighted by molar-refractivity contribution is -0.134. The largest absolute Gasteiger partial charge is 0.438 e. The molecule has 2 saturated heterocycles. The summed E-state index contributed by atoms with van der Waals surface area (Å²) in [6.07, 6.45) is 5.12. The molecule has 1 aromatic heterocycles. The third-order valence-corrected chi connectivity index (χ3v) is 5.38. The van der Waals surface area contributed by atoms with Crippen LogP contribution >= 0.6 is 0 Å². The number of aromatic nitrogens is 1. The second-order valence-electron chi connectivity index (χ2n) is 7.09. The number of hydrogen-bond donors (Lipinski definition) is 1. The van der Waals surface area contributed by atoms with Gasteiger partial charge >= 0.3 is 0 Å². The number of amides is 2. The fourth-order valence-electron chi connectivity index (χ4n) is 4.11. The zero-order valence-corrected chi connectivity index (χ0v) is 13.6. The summed E-state index contributed by atoms with van der Waals surface area (Å²) in [7, 11) is 0. The highest BCUT2D eigenvalue weighted by Crippen LogP contribution is 2.48. The number of rotatable bonds is 2. The number of hydrogen-bond acceptors (Lipinski definition) is 5. The average Bonchev–Trinajstić information content (AvgIpc) is 3.15. The predicted octanol–water partition coefficient (Wildman–Crippen LogP) is 0.900. The maximum absolute atomic E-state index is 12.3. The Labute approximate surface area is 135 Å². The Balaban J connectivity index is 1.69. The molecule has 1 aromatic rings. The number of carbonyl (C=O) groups is 2. The van der Waals surface area contributed by atoms with Gasteiger partial charge in [-0.05, 0) is 31.6 Å². The summed E-state index contributed by atoms with van der Waals surface area (Å²) < 4.78 is 5.08. The Kier molecular flexibility index (Phi) is 3.91. The van der Waals surface area contributed by atoms with Crippen molar-refractivity contribution in [3.05, 3.63) is 18.4 Å². The Morgan fingerprint density at radius 3 is 2.57 bits per heavy atom. The Morgan fingerprint density at radius 2 is 2.09 bits per heavy atom. The van der Waals surface area contributed by atoms with Crippen molar-refractivity contribution < 1.29 is 19.1 Å². The van der Waals surface area contributed by atoms with Crippen LogP contribution in [0, 0.1) is 5.41 Å². The van der Waals surface area contributed by atoms with Crippen molar-refractivity contribution in [3.8, 4) is 0 Å². The first-order valence-electron chi connectivity index (χ1n) is 7.96. The van der Waals surface area contributed by atoms with Gasteiger partial charge in [-0.25, -0.2) is 4.98 Å². The van der Waals surface area contributed by atoms with Crippen molar-refractivity contribution in [3.63, 3.8) is 0 Å². The molecule has 1 atom stereocenters. The predicted molar refractivity (Wildman–Crippen MR) is 81.6 cm³/mol. The molecule has 0 aromatic carbocycles. The molecule has 7 heteroatoms. The van der Waals surface area contributed by atoms with Crippen LogP contribution in [0.5, 0.6) is 0 Å². The molecule has 23 heavy (non-hydrogen) atoms. The number of aliphatic hydroxyl groups is 1. The Morgan fingerprint density at radius 1 is 1.39 bits per heavy atom. The standard InChI is InChI=1S/C16H23N3O4/c1-12(21)19-9-16(8-15(19,2)10-20)3-5-18(6-4-16)14(22)13-7-17-11-23-13/h7,11,20H,3-6,8-10H2,1-2H3. The van der Waals surface area contributed by atoms with Gasteiger partial charge in [0.25, 0.3) is 5.91 Å². The normalized spacial score (nSPS) is 26.7. The Hall–Kier alpha value is -1.89. The fraction of sp³-hybridized carbons (Fsp3) is 0.688. The van der Waals surface area contributed by atoms with E-state index in [2.05, 4.69) is 4.98 Å². The molecule has 0 bridgehead atoms. The van der Waals surface area contributed by atoms with Crippen LogP contribution in [-0.2, 0) is 4.79 Å². The van der Waals surface area contributed by atoms with Crippen LogP contribution in [0.2, 0.25) is 0 Å². The van der Waals surface area contributed by atoms with Gasteiger partial charge in [0.15, 0.2) is 6.39 Å². The van der Waals surface area contributed by atoms with Crippen molar-refractivity contribution >= 4 is 11.8 Å². The average molecular weight is 321 g/mol. The van der Waals surface area contributed by atoms with Gasteiger partial charge in [-0.3, -0.25) is 9.59 Å². The molecule has 0 radical (unpaired) electrons. The molecule has 0 aliphatic carbocycles. The summed E-state index contributed by atoms with van der Waals surface area (Å²) in [5, 5.41) is 9.75. The molecule has 2 aliphatic rings. The van der Waals surface area contributed by atoms with Gasteiger partial charge in [-0.2, -0.15) is 0 Å². The SMILES string of the molecule is CC(=O)N1CC2(CCN(C(=O)c3cnco3)CC2)CC1(C)CO. The molecule has 3 rings (SSSR count). The van der Waals surface area contributed by atoms with Crippen molar-refractivity contribution in [2.75, 3.05) is 26.2 Å². The van der Waals surface area contributed by atoms with E-state index < -0.39 is 5.54 Å². The highest BCUT2D eigenvalue weighted by atomic mass is 16.3. The minimum Gasteiger partial charge on any atom is -0.438 e. The third kappa shape index (κ3) is 2.73. The van der Waals surface area contributed by atoms with E-state index in [0.29, 0.717) is 19.6 Å². The van der Waals surface area contributed by atoms with Crippen LogP contribution in [0.3, 0.4) is 0 Å². The number of piperidine rings is 1. The first-order valence-corrected chi connectivity index (χ1v) is 7.96. The summed E-state index contributed by atoms with van der Waals surface area (Å²) in [5.74, 6) is 0.125. The van der Waals surface area contributed by atoms with Crippen LogP contribution in [0.25, 0.3) is 0 Å². The maximum atomic E-state index is 12.3. The van der Waals surface area contributed by atoms with E-state index in [4.69, 9.17) is 4.42 Å². The molecule has 7 nitrogen and oxygen atoms in total. The topological polar surface area (TPSA) is 86.9 Å². The van der Waals surface area contributed by atoms with Gasteiger partial charge in [0.2, 0.25) is 11.7 Å². The van der Waals surface area contributed by atoms with E-state index in [9.17, 15) is 14.7 Å². The van der Waals surface area contributed by atoms with Crippen LogP contribution < -0.4 is 0 Å². The monoisotopic (exact) mass is 321 g/mol. The van der Waals surface area contributed by atoms with Crippen LogP contribution in [-0.4, -0.2) is 63.5 Å². The summed E-state index contributed by atoms with van der Waals surface area (Å²) in [5.41, 5.74) is -0.510. The fourth-order valence-corrected chi connectivity index (χ4v) is 4.11. The minimum absolute atomic E-state index is 0.00130. The third-order valence-electron chi connectivity index (χ3n) is 5.38. The summed E-state index contributed by atoms with van der Waals surface area (Å²) in [6, 6.07) is 0. The van der Waals surface area contributed by atoms with Gasteiger partial charge < -0.3 is 19.3 Å². The molecule has 1 spiro atoms. The molecule has 2 amide bonds. The maximum Gasteiger partial charge on any atom is 0.291 e. The van der Waals surface area contributed by atoms with Gasteiger partial charge in [-0.1, -0.05) is 0 Å². The zero-order valence-electron chi connectivity index (χ0n) is 13.6. The molecule has 3 heterocycles. The molecule has 1 N–H and O–H groups in total. The smallest absolute Gasteiger partial charge is 0.291 e. The molecule has 0 saturated carbocycles. The van der Waals surface area contributed by atoms with E-state index in [1.807, 2.05) is 6.92 Å². The van der Waals surface area contributed by atoms with Crippen molar-refractivity contribution in [2.24, 2.45) is 5.41 Å². The second-order valence-corrected chi connectivity index (χ2v) is 7.09. The lowest BCUT2D eigenvalue weighted by Crippen LogP contribution is -2.46. The molecule has 2 aliphatic heterocycles. The van der Waals surface area contributed by atoms with E-state index in [1.165, 1.54) is 12.6 Å². The quantitative estimate of drug-likeness (QED) is 0.874. The highest BCUT2D eigenvalue weighted by molar-refractivity contribution is 5.91. The van der Waals surface area contributed by atoms with Gasteiger partial charge in [-0.15, -0.1) is 0 Å². The van der Waals surface area contributed by atoms with E-state index in [-0.39, 0.29) is 29.6 Å². The minimum atomic E-state index is -0.497. The number of aliphatic hydroxyl groups excluding tert-OH is 1. The number of oxazole rings is 1. The number of likely N-dealkylation sites (tertiary alicyclic amines) is 2. The van der Waals surface area contributed by atoms with Gasteiger partial charge in [0.1, 0.15) is 0 Å². The van der Waals surface area contributed by atoms with E-state index >= 15 is 0 Å². The first kappa shape index (κ1) is 16.0. The number of carbonyl (C=O) groups excluding carboxylic acids is 2. The van der Waals surface area contributed by atoms with Crippen molar-refractivity contribution in [1.82, 2.24) is 14.8 Å². The molecular formula is C16H23N3O4. The van der Waals surface area contributed by atoms with Crippen LogP contribution in [0.1, 0.15) is 43.7 Å². The molecule has 2 fully saturated rings.